The van der Waals surface area contributed by atoms with Crippen molar-refractivity contribution in [2.24, 2.45) is 5.92 Å². The molecule has 18 heavy (non-hydrogen) atoms. The minimum Gasteiger partial charge on any atom is -0.454 e. The van der Waals surface area contributed by atoms with Gasteiger partial charge in [-0.1, -0.05) is 0 Å². The van der Waals surface area contributed by atoms with Crippen LogP contribution in [-0.2, 0) is 6.54 Å². The van der Waals surface area contributed by atoms with E-state index in [1.165, 1.54) is 12.8 Å². The molecular weight excluding hydrogens is 298 g/mol. The van der Waals surface area contributed by atoms with E-state index >= 15 is 0 Å². The Hall–Kier alpha value is -0.780. The van der Waals surface area contributed by atoms with Crippen LogP contribution in [0.3, 0.4) is 0 Å². The standard InChI is InChI=1S/C13H16BrNO3/c14-10-3-8(4-12-13(10)18-7-17-12)5-15-6-11(16)9-1-2-9/h3-4,9,11,15-16H,1-2,5-7H2. The van der Waals surface area contributed by atoms with E-state index in [1.54, 1.807) is 0 Å². The summed E-state index contributed by atoms with van der Waals surface area (Å²) in [5, 5.41) is 13.0. The van der Waals surface area contributed by atoms with Crippen molar-refractivity contribution in [3.63, 3.8) is 0 Å². The fourth-order valence-corrected chi connectivity index (χ4v) is 2.74. The van der Waals surface area contributed by atoms with Gasteiger partial charge in [-0.05, 0) is 52.4 Å². The van der Waals surface area contributed by atoms with E-state index in [-0.39, 0.29) is 12.9 Å². The Labute approximate surface area is 114 Å². The molecule has 1 heterocycles. The van der Waals surface area contributed by atoms with Gasteiger partial charge in [0.05, 0.1) is 10.6 Å². The smallest absolute Gasteiger partial charge is 0.231 e. The molecule has 1 aromatic rings. The third-order valence-electron chi connectivity index (χ3n) is 3.34. The summed E-state index contributed by atoms with van der Waals surface area (Å²) in [4.78, 5) is 0. The molecule has 0 bridgehead atoms. The third-order valence-corrected chi connectivity index (χ3v) is 3.92. The molecule has 0 radical (unpaired) electrons. The highest BCUT2D eigenvalue weighted by Gasteiger charge is 2.29. The van der Waals surface area contributed by atoms with Crippen LogP contribution >= 0.6 is 15.9 Å². The Kier molecular flexibility index (Phi) is 3.46. The van der Waals surface area contributed by atoms with Crippen LogP contribution < -0.4 is 14.8 Å². The molecule has 1 saturated carbocycles. The van der Waals surface area contributed by atoms with Crippen LogP contribution in [0.2, 0.25) is 0 Å². The first kappa shape index (κ1) is 12.3. The minimum absolute atomic E-state index is 0.206. The molecule has 1 aliphatic carbocycles. The zero-order chi connectivity index (χ0) is 12.5. The van der Waals surface area contributed by atoms with Gasteiger partial charge in [-0.25, -0.2) is 0 Å². The maximum Gasteiger partial charge on any atom is 0.231 e. The summed E-state index contributed by atoms with van der Waals surface area (Å²) in [5.74, 6) is 2.07. The summed E-state index contributed by atoms with van der Waals surface area (Å²) in [5.41, 5.74) is 1.12. The van der Waals surface area contributed by atoms with Crippen molar-refractivity contribution in [2.75, 3.05) is 13.3 Å². The topological polar surface area (TPSA) is 50.7 Å². The van der Waals surface area contributed by atoms with Gasteiger partial charge in [0.25, 0.3) is 0 Å². The van der Waals surface area contributed by atoms with E-state index in [1.807, 2.05) is 12.1 Å². The molecule has 0 amide bonds. The second kappa shape index (κ2) is 5.07. The maximum absolute atomic E-state index is 9.76. The lowest BCUT2D eigenvalue weighted by Crippen LogP contribution is -2.27. The lowest BCUT2D eigenvalue weighted by molar-refractivity contribution is 0.148. The van der Waals surface area contributed by atoms with Crippen molar-refractivity contribution in [3.8, 4) is 11.5 Å². The van der Waals surface area contributed by atoms with Crippen molar-refractivity contribution in [2.45, 2.75) is 25.5 Å². The van der Waals surface area contributed by atoms with Gasteiger partial charge in [0.1, 0.15) is 0 Å². The van der Waals surface area contributed by atoms with E-state index < -0.39 is 0 Å². The van der Waals surface area contributed by atoms with Gasteiger partial charge in [0.15, 0.2) is 11.5 Å². The lowest BCUT2D eigenvalue weighted by Gasteiger charge is -2.11. The van der Waals surface area contributed by atoms with Crippen molar-refractivity contribution >= 4 is 15.9 Å². The van der Waals surface area contributed by atoms with Crippen LogP contribution in [0, 0.1) is 5.92 Å². The first-order chi connectivity index (χ1) is 8.74. The van der Waals surface area contributed by atoms with Crippen LogP contribution in [0.4, 0.5) is 0 Å². The molecule has 98 valence electrons. The van der Waals surface area contributed by atoms with Gasteiger partial charge in [0.2, 0.25) is 6.79 Å². The van der Waals surface area contributed by atoms with Gasteiger partial charge in [-0.15, -0.1) is 0 Å². The average molecular weight is 314 g/mol. The molecule has 1 atom stereocenters. The van der Waals surface area contributed by atoms with Crippen molar-refractivity contribution in [1.82, 2.24) is 5.32 Å². The van der Waals surface area contributed by atoms with E-state index in [0.29, 0.717) is 12.5 Å². The molecule has 2 N–H and O–H groups in total. The van der Waals surface area contributed by atoms with Crippen LogP contribution in [0.1, 0.15) is 18.4 Å². The van der Waals surface area contributed by atoms with Gasteiger partial charge in [-0.2, -0.15) is 0 Å². The van der Waals surface area contributed by atoms with Gasteiger partial charge < -0.3 is 19.9 Å². The maximum atomic E-state index is 9.76. The molecule has 0 saturated heterocycles. The number of aliphatic hydroxyl groups is 1. The Morgan fingerprint density at radius 1 is 1.39 bits per heavy atom. The van der Waals surface area contributed by atoms with E-state index in [4.69, 9.17) is 9.47 Å². The molecular formula is C13H16BrNO3. The zero-order valence-corrected chi connectivity index (χ0v) is 11.6. The van der Waals surface area contributed by atoms with Crippen LogP contribution in [0.5, 0.6) is 11.5 Å². The number of aliphatic hydroxyl groups excluding tert-OH is 1. The zero-order valence-electron chi connectivity index (χ0n) is 9.99. The number of halogens is 1. The molecule has 1 aromatic carbocycles. The summed E-state index contributed by atoms with van der Waals surface area (Å²) < 4.78 is 11.6. The molecule has 1 fully saturated rings. The van der Waals surface area contributed by atoms with Crippen LogP contribution in [0.25, 0.3) is 0 Å². The fraction of sp³-hybridized carbons (Fsp3) is 0.538. The Morgan fingerprint density at radius 2 is 2.22 bits per heavy atom. The van der Waals surface area contributed by atoms with Crippen LogP contribution in [-0.4, -0.2) is 24.5 Å². The van der Waals surface area contributed by atoms with Gasteiger partial charge in [-0.3, -0.25) is 0 Å². The number of hydrogen-bond donors (Lipinski definition) is 2. The molecule has 4 nitrogen and oxygen atoms in total. The Bertz CT molecular complexity index is 448. The highest BCUT2D eigenvalue weighted by molar-refractivity contribution is 9.10. The SMILES string of the molecule is OC(CNCc1cc(Br)c2c(c1)OCO2)C1CC1. The Morgan fingerprint density at radius 3 is 3.00 bits per heavy atom. The van der Waals surface area contributed by atoms with E-state index in [9.17, 15) is 5.11 Å². The number of ether oxygens (including phenoxy) is 2. The first-order valence-electron chi connectivity index (χ1n) is 6.21. The first-order valence-corrected chi connectivity index (χ1v) is 7.00. The second-order valence-electron chi connectivity index (χ2n) is 4.85. The number of nitrogens with one attached hydrogen (secondary N) is 1. The van der Waals surface area contributed by atoms with Crippen LogP contribution in [0.15, 0.2) is 16.6 Å². The number of hydrogen-bond acceptors (Lipinski definition) is 4. The molecule has 5 heteroatoms. The summed E-state index contributed by atoms with van der Waals surface area (Å²) in [6.07, 6.45) is 2.12. The highest BCUT2D eigenvalue weighted by atomic mass is 79.9. The number of fused-ring (bicyclic) bond motifs is 1. The highest BCUT2D eigenvalue weighted by Crippen LogP contribution is 2.40. The largest absolute Gasteiger partial charge is 0.454 e. The molecule has 3 rings (SSSR count). The summed E-state index contributed by atoms with van der Waals surface area (Å²) in [7, 11) is 0. The number of rotatable bonds is 5. The predicted molar refractivity (Wildman–Crippen MR) is 70.7 cm³/mol. The average Bonchev–Trinajstić information content (AvgIpc) is 3.08. The van der Waals surface area contributed by atoms with Gasteiger partial charge >= 0.3 is 0 Å². The second-order valence-corrected chi connectivity index (χ2v) is 5.70. The minimum atomic E-state index is -0.206. The third kappa shape index (κ3) is 2.63. The number of benzene rings is 1. The van der Waals surface area contributed by atoms with Crippen molar-refractivity contribution in [3.05, 3.63) is 22.2 Å². The fourth-order valence-electron chi connectivity index (χ4n) is 2.13. The molecule has 0 spiro atoms. The lowest BCUT2D eigenvalue weighted by atomic mass is 10.2. The molecule has 1 unspecified atom stereocenters. The summed E-state index contributed by atoms with van der Waals surface area (Å²) in [6.45, 7) is 1.65. The Balaban J connectivity index is 1.57. The van der Waals surface area contributed by atoms with E-state index in [0.717, 1.165) is 28.1 Å². The van der Waals surface area contributed by atoms with Crippen molar-refractivity contribution < 1.29 is 14.6 Å². The van der Waals surface area contributed by atoms with Crippen molar-refractivity contribution in [1.29, 1.82) is 0 Å². The summed E-state index contributed by atoms with van der Waals surface area (Å²) >= 11 is 3.47. The predicted octanol–water partition coefficient (Wildman–Crippen LogP) is 2.04. The normalized spacial score (nSPS) is 19.0. The molecule has 2 aliphatic rings. The summed E-state index contributed by atoms with van der Waals surface area (Å²) in [6, 6.07) is 3.99. The molecule has 1 aliphatic heterocycles. The van der Waals surface area contributed by atoms with Gasteiger partial charge in [0, 0.05) is 13.1 Å². The van der Waals surface area contributed by atoms with E-state index in [2.05, 4.69) is 21.2 Å². The monoisotopic (exact) mass is 313 g/mol. The molecule has 0 aromatic heterocycles. The quantitative estimate of drug-likeness (QED) is 0.873.